The van der Waals surface area contributed by atoms with Crippen molar-refractivity contribution in [2.45, 2.75) is 13.3 Å². The Labute approximate surface area is 99.0 Å². The molecule has 1 aromatic carbocycles. The maximum Gasteiger partial charge on any atom is 0.336 e. The van der Waals surface area contributed by atoms with Gasteiger partial charge in [0.25, 0.3) is 0 Å². The zero-order chi connectivity index (χ0) is 12.1. The number of rotatable bonds is 2. The van der Waals surface area contributed by atoms with Crippen LogP contribution in [0.15, 0.2) is 39.5 Å². The van der Waals surface area contributed by atoms with E-state index in [0.29, 0.717) is 12.2 Å². The third-order valence-electron chi connectivity index (χ3n) is 2.20. The normalized spacial score (nSPS) is 9.71. The number of ether oxygens (including phenoxy) is 1. The highest BCUT2D eigenvalue weighted by Crippen LogP contribution is 2.19. The van der Waals surface area contributed by atoms with Crippen LogP contribution in [0.4, 0.5) is 0 Å². The van der Waals surface area contributed by atoms with Crippen LogP contribution in [0.3, 0.4) is 0 Å². The van der Waals surface area contributed by atoms with Crippen molar-refractivity contribution in [3.05, 3.63) is 40.8 Å². The van der Waals surface area contributed by atoms with Gasteiger partial charge in [0.15, 0.2) is 0 Å². The van der Waals surface area contributed by atoms with Crippen LogP contribution in [0.1, 0.15) is 13.3 Å². The summed E-state index contributed by atoms with van der Waals surface area (Å²) in [5, 5.41) is 0.838. The van der Waals surface area contributed by atoms with Crippen LogP contribution in [-0.2, 0) is 0 Å². The molecule has 86 valence electrons. The maximum absolute atomic E-state index is 11.0. The third-order valence-corrected chi connectivity index (χ3v) is 2.20. The van der Waals surface area contributed by atoms with Crippen molar-refractivity contribution in [3.63, 3.8) is 0 Å². The molecule has 2 rings (SSSR count). The highest BCUT2D eigenvalue weighted by molar-refractivity contribution is 5.77. The van der Waals surface area contributed by atoms with Crippen LogP contribution >= 0.6 is 0 Å². The van der Waals surface area contributed by atoms with Gasteiger partial charge in [0.2, 0.25) is 0 Å². The molecule has 0 aliphatic carbocycles. The Balaban J connectivity index is 2.20. The molecule has 0 fully saturated rings. The second-order valence-electron chi connectivity index (χ2n) is 3.45. The summed E-state index contributed by atoms with van der Waals surface area (Å²) in [6.45, 7) is 2.36. The molecule has 0 aliphatic heterocycles. The molecule has 0 N–H and O–H groups in total. The van der Waals surface area contributed by atoms with Crippen molar-refractivity contribution in [2.75, 3.05) is 6.61 Å². The van der Waals surface area contributed by atoms with Crippen LogP contribution in [0.5, 0.6) is 5.75 Å². The van der Waals surface area contributed by atoms with Crippen molar-refractivity contribution >= 4 is 11.0 Å². The molecule has 0 saturated carbocycles. The molecule has 0 atom stereocenters. The van der Waals surface area contributed by atoms with Crippen molar-refractivity contribution in [1.82, 2.24) is 0 Å². The van der Waals surface area contributed by atoms with Gasteiger partial charge in [-0.25, -0.2) is 4.79 Å². The van der Waals surface area contributed by atoms with Crippen molar-refractivity contribution in [3.8, 4) is 17.6 Å². The Morgan fingerprint density at radius 1 is 1.24 bits per heavy atom. The van der Waals surface area contributed by atoms with E-state index in [1.165, 1.54) is 6.07 Å². The predicted molar refractivity (Wildman–Crippen MR) is 66.0 cm³/mol. The second-order valence-corrected chi connectivity index (χ2v) is 3.45. The summed E-state index contributed by atoms with van der Waals surface area (Å²) in [7, 11) is 0. The molecular weight excluding hydrogens is 216 g/mol. The summed E-state index contributed by atoms with van der Waals surface area (Å²) in [5.74, 6) is 6.54. The van der Waals surface area contributed by atoms with E-state index >= 15 is 0 Å². The van der Waals surface area contributed by atoms with E-state index in [4.69, 9.17) is 9.15 Å². The van der Waals surface area contributed by atoms with Crippen LogP contribution in [-0.4, -0.2) is 6.61 Å². The van der Waals surface area contributed by atoms with Gasteiger partial charge in [0, 0.05) is 17.9 Å². The highest BCUT2D eigenvalue weighted by Gasteiger charge is 1.99. The fourth-order valence-corrected chi connectivity index (χ4v) is 1.44. The zero-order valence-corrected chi connectivity index (χ0v) is 9.53. The van der Waals surface area contributed by atoms with Gasteiger partial charge in [-0.2, -0.15) is 0 Å². The SMILES string of the molecule is CCC#CCOc1ccc2oc(=O)ccc2c1. The highest BCUT2D eigenvalue weighted by atomic mass is 16.5. The molecule has 0 bridgehead atoms. The summed E-state index contributed by atoms with van der Waals surface area (Å²) in [6, 6.07) is 8.42. The van der Waals surface area contributed by atoms with Gasteiger partial charge in [-0.1, -0.05) is 12.8 Å². The lowest BCUT2D eigenvalue weighted by molar-refractivity contribution is 0.370. The van der Waals surface area contributed by atoms with E-state index in [-0.39, 0.29) is 5.63 Å². The topological polar surface area (TPSA) is 39.4 Å². The molecule has 1 heterocycles. The third kappa shape index (κ3) is 2.88. The Kier molecular flexibility index (Phi) is 3.46. The van der Waals surface area contributed by atoms with E-state index in [0.717, 1.165) is 17.6 Å². The molecule has 17 heavy (non-hydrogen) atoms. The van der Waals surface area contributed by atoms with E-state index in [2.05, 4.69) is 11.8 Å². The second kappa shape index (κ2) is 5.22. The van der Waals surface area contributed by atoms with E-state index < -0.39 is 0 Å². The number of fused-ring (bicyclic) bond motifs is 1. The predicted octanol–water partition coefficient (Wildman–Crippen LogP) is 2.59. The van der Waals surface area contributed by atoms with Crippen LogP contribution in [0, 0.1) is 11.8 Å². The van der Waals surface area contributed by atoms with Gasteiger partial charge >= 0.3 is 5.63 Å². The zero-order valence-electron chi connectivity index (χ0n) is 9.53. The summed E-state index contributed by atoms with van der Waals surface area (Å²) in [5.41, 5.74) is 0.212. The van der Waals surface area contributed by atoms with Crippen LogP contribution in [0.25, 0.3) is 11.0 Å². The minimum atomic E-state index is -0.347. The molecule has 0 unspecified atom stereocenters. The van der Waals surface area contributed by atoms with Crippen molar-refractivity contribution in [2.24, 2.45) is 0 Å². The molecule has 0 amide bonds. The lowest BCUT2D eigenvalue weighted by Gasteiger charge is -2.02. The van der Waals surface area contributed by atoms with Crippen molar-refractivity contribution in [1.29, 1.82) is 0 Å². The molecule has 1 aromatic heterocycles. The van der Waals surface area contributed by atoms with Crippen molar-refractivity contribution < 1.29 is 9.15 Å². The maximum atomic E-state index is 11.0. The Morgan fingerprint density at radius 2 is 2.12 bits per heavy atom. The molecular formula is C14H12O3. The molecule has 0 radical (unpaired) electrons. The molecule has 0 saturated heterocycles. The minimum absolute atomic E-state index is 0.347. The molecule has 3 nitrogen and oxygen atoms in total. The Morgan fingerprint density at radius 3 is 2.94 bits per heavy atom. The van der Waals surface area contributed by atoms with Gasteiger partial charge in [0.05, 0.1) is 0 Å². The van der Waals surface area contributed by atoms with Gasteiger partial charge in [-0.05, 0) is 24.3 Å². The Bertz CT molecular complexity index is 629. The summed E-state index contributed by atoms with van der Waals surface area (Å²) < 4.78 is 10.5. The van der Waals surface area contributed by atoms with Gasteiger partial charge in [-0.3, -0.25) is 0 Å². The average Bonchev–Trinajstić information content (AvgIpc) is 2.35. The standard InChI is InChI=1S/C14H12O3/c1-2-3-4-9-16-12-6-7-13-11(10-12)5-8-14(15)17-13/h5-8,10H,2,9H2,1H3. The van der Waals surface area contributed by atoms with Crippen LogP contribution < -0.4 is 10.4 Å². The molecule has 2 aromatic rings. The van der Waals surface area contributed by atoms with E-state index in [9.17, 15) is 4.79 Å². The summed E-state index contributed by atoms with van der Waals surface area (Å²) >= 11 is 0. The first kappa shape index (κ1) is 11.3. The molecule has 0 aliphatic rings. The lowest BCUT2D eigenvalue weighted by atomic mass is 10.2. The van der Waals surface area contributed by atoms with Gasteiger partial charge < -0.3 is 9.15 Å². The van der Waals surface area contributed by atoms with Gasteiger partial charge in [0.1, 0.15) is 17.9 Å². The summed E-state index contributed by atoms with van der Waals surface area (Å²) in [6.07, 6.45) is 0.826. The summed E-state index contributed by atoms with van der Waals surface area (Å²) in [4.78, 5) is 11.0. The largest absolute Gasteiger partial charge is 0.481 e. The molecule has 0 spiro atoms. The van der Waals surface area contributed by atoms with Gasteiger partial charge in [-0.15, -0.1) is 5.92 Å². The number of hydrogen-bond donors (Lipinski definition) is 0. The monoisotopic (exact) mass is 228 g/mol. The average molecular weight is 228 g/mol. The fraction of sp³-hybridized carbons (Fsp3) is 0.214. The van der Waals surface area contributed by atoms with E-state index in [1.54, 1.807) is 18.2 Å². The number of benzene rings is 1. The number of hydrogen-bond acceptors (Lipinski definition) is 3. The first-order valence-electron chi connectivity index (χ1n) is 5.42. The minimum Gasteiger partial charge on any atom is -0.481 e. The molecule has 3 heteroatoms. The van der Waals surface area contributed by atoms with E-state index in [1.807, 2.05) is 13.0 Å². The first-order valence-corrected chi connectivity index (χ1v) is 5.42. The first-order chi connectivity index (χ1) is 8.29. The quantitative estimate of drug-likeness (QED) is 0.586. The Hall–Kier alpha value is -2.21. The van der Waals surface area contributed by atoms with Crippen LogP contribution in [0.2, 0.25) is 0 Å². The lowest BCUT2D eigenvalue weighted by Crippen LogP contribution is -1.96. The fourth-order valence-electron chi connectivity index (χ4n) is 1.44. The smallest absolute Gasteiger partial charge is 0.336 e.